The van der Waals surface area contributed by atoms with Gasteiger partial charge in [-0.1, -0.05) is 309 Å². The van der Waals surface area contributed by atoms with Crippen molar-refractivity contribution in [3.8, 4) is 111 Å². The second-order valence-electron chi connectivity index (χ2n) is 30.8. The molecule has 24 aromatic rings. The first kappa shape index (κ1) is 64.6. The number of rotatable bonds is 10. The SMILES string of the molecule is c1ccc(-c2cccc(-c3c4ccccc4c(-c4ccc5c(c4)oc4cc(-c6ccc7cc(-c8ccc(-c9c%10ccccc%10c(-c%10ccc%11c(c%10)oc%10ccccc%10%11)c%10cc(-c%11ccc%12c(-c%13ccccc%13)c%13ccccc%13c(-c%13ccc%14c(c%13)oc%13ccccc%13%14)c%12c%11)ccc9%10)cc8)ccc7c6)ccc45)c4ccccc34)c2)cc1. The van der Waals surface area contributed by atoms with Crippen molar-refractivity contribution in [2.45, 2.75) is 0 Å². The average Bonchev–Trinajstić information content (AvgIpc) is 0.822. The highest BCUT2D eigenvalue weighted by Crippen LogP contribution is 2.52. The van der Waals surface area contributed by atoms with E-state index in [9.17, 15) is 0 Å². The lowest BCUT2D eigenvalue weighted by atomic mass is 9.83. The molecule has 0 amide bonds. The Morgan fingerprint density at radius 1 is 0.104 bits per heavy atom. The van der Waals surface area contributed by atoms with E-state index in [4.69, 9.17) is 13.3 Å². The molecule has 0 aliphatic rings. The van der Waals surface area contributed by atoms with Crippen LogP contribution in [-0.4, -0.2) is 0 Å². The third-order valence-electron chi connectivity index (χ3n) is 24.4. The van der Waals surface area contributed by atoms with Crippen molar-refractivity contribution in [2.75, 3.05) is 0 Å². The molecule has 115 heavy (non-hydrogen) atoms. The molecule has 0 saturated heterocycles. The maximum absolute atomic E-state index is 6.91. The smallest absolute Gasteiger partial charge is 0.136 e. The Morgan fingerprint density at radius 3 is 0.748 bits per heavy atom. The molecular weight excluding hydrogens is 1390 g/mol. The number of fused-ring (bicyclic) bond motifs is 16. The summed E-state index contributed by atoms with van der Waals surface area (Å²) in [5.74, 6) is 0. The highest BCUT2D eigenvalue weighted by molar-refractivity contribution is 6.26. The predicted octanol–water partition coefficient (Wildman–Crippen LogP) is 32.1. The van der Waals surface area contributed by atoms with Crippen LogP contribution in [0.5, 0.6) is 0 Å². The van der Waals surface area contributed by atoms with Crippen molar-refractivity contribution in [1.29, 1.82) is 0 Å². The second-order valence-corrected chi connectivity index (χ2v) is 30.8. The van der Waals surface area contributed by atoms with Crippen LogP contribution < -0.4 is 0 Å². The van der Waals surface area contributed by atoms with Gasteiger partial charge in [-0.2, -0.15) is 0 Å². The highest BCUT2D eigenvalue weighted by atomic mass is 16.3. The Hall–Kier alpha value is -15.2. The topological polar surface area (TPSA) is 39.4 Å². The molecule has 0 aliphatic carbocycles. The quantitative estimate of drug-likeness (QED) is 0.128. The first-order valence-electron chi connectivity index (χ1n) is 39.6. The van der Waals surface area contributed by atoms with Crippen molar-refractivity contribution < 1.29 is 13.3 Å². The molecule has 3 nitrogen and oxygen atoms in total. The molecule has 532 valence electrons. The van der Waals surface area contributed by atoms with E-state index in [2.05, 4.69) is 388 Å². The minimum absolute atomic E-state index is 0.866. The van der Waals surface area contributed by atoms with Crippen LogP contribution in [0.25, 0.3) is 252 Å². The van der Waals surface area contributed by atoms with Crippen LogP contribution in [-0.2, 0) is 0 Å². The summed E-state index contributed by atoms with van der Waals surface area (Å²) < 4.78 is 20.2. The van der Waals surface area contributed by atoms with Crippen LogP contribution in [0.2, 0.25) is 0 Å². The van der Waals surface area contributed by atoms with E-state index in [0.29, 0.717) is 0 Å². The highest BCUT2D eigenvalue weighted by Gasteiger charge is 2.25. The maximum Gasteiger partial charge on any atom is 0.136 e. The average molecular weight is 1460 g/mol. The van der Waals surface area contributed by atoms with Crippen molar-refractivity contribution in [3.05, 3.63) is 400 Å². The van der Waals surface area contributed by atoms with Gasteiger partial charge < -0.3 is 13.3 Å². The third kappa shape index (κ3) is 10.4. The zero-order valence-electron chi connectivity index (χ0n) is 62.3. The Kier molecular flexibility index (Phi) is 14.5. The van der Waals surface area contributed by atoms with E-state index in [1.807, 2.05) is 12.1 Å². The van der Waals surface area contributed by atoms with E-state index in [0.717, 1.165) is 127 Å². The summed E-state index contributed by atoms with van der Waals surface area (Å²) in [4.78, 5) is 0. The van der Waals surface area contributed by atoms with Gasteiger partial charge >= 0.3 is 0 Å². The van der Waals surface area contributed by atoms with E-state index in [1.165, 1.54) is 126 Å². The molecule has 0 saturated carbocycles. The van der Waals surface area contributed by atoms with Crippen LogP contribution >= 0.6 is 0 Å². The van der Waals surface area contributed by atoms with Gasteiger partial charge in [0.25, 0.3) is 0 Å². The van der Waals surface area contributed by atoms with E-state index in [-0.39, 0.29) is 0 Å². The Bertz CT molecular complexity index is 8140. The summed E-state index contributed by atoms with van der Waals surface area (Å²) in [5, 5.41) is 23.3. The van der Waals surface area contributed by atoms with Crippen LogP contribution in [0.3, 0.4) is 0 Å². The van der Waals surface area contributed by atoms with Gasteiger partial charge in [-0.15, -0.1) is 0 Å². The Labute approximate surface area is 661 Å². The van der Waals surface area contributed by atoms with Gasteiger partial charge in [-0.05, 0) is 278 Å². The molecule has 0 aliphatic heterocycles. The fourth-order valence-corrected chi connectivity index (χ4v) is 19.1. The fraction of sp³-hybridized carbons (Fsp3) is 0. The summed E-state index contributed by atoms with van der Waals surface area (Å²) in [6.07, 6.45) is 0. The number of hydrogen-bond donors (Lipinski definition) is 0. The molecule has 0 unspecified atom stereocenters. The maximum atomic E-state index is 6.91. The molecule has 0 bridgehead atoms. The zero-order chi connectivity index (χ0) is 75.3. The second kappa shape index (κ2) is 25.7. The molecular formula is C112H66O3. The number of para-hydroxylation sites is 2. The van der Waals surface area contributed by atoms with E-state index >= 15 is 0 Å². The molecule has 0 radical (unpaired) electrons. The van der Waals surface area contributed by atoms with Gasteiger partial charge in [0.2, 0.25) is 0 Å². The monoisotopic (exact) mass is 1460 g/mol. The number of furan rings is 3. The zero-order valence-corrected chi connectivity index (χ0v) is 62.3. The van der Waals surface area contributed by atoms with Gasteiger partial charge in [-0.25, -0.2) is 0 Å². The molecule has 0 N–H and O–H groups in total. The number of hydrogen-bond acceptors (Lipinski definition) is 3. The summed E-state index contributed by atoms with van der Waals surface area (Å²) in [6.45, 7) is 0. The van der Waals surface area contributed by atoms with E-state index in [1.54, 1.807) is 0 Å². The molecule has 24 rings (SSSR count). The largest absolute Gasteiger partial charge is 0.456 e. The van der Waals surface area contributed by atoms with Crippen LogP contribution in [0.15, 0.2) is 414 Å². The van der Waals surface area contributed by atoms with Crippen molar-refractivity contribution in [3.63, 3.8) is 0 Å². The van der Waals surface area contributed by atoms with Crippen LogP contribution in [0.4, 0.5) is 0 Å². The summed E-state index contributed by atoms with van der Waals surface area (Å²) in [5.41, 5.74) is 28.5. The lowest BCUT2D eigenvalue weighted by Crippen LogP contribution is -1.93. The molecule has 0 spiro atoms. The fourth-order valence-electron chi connectivity index (χ4n) is 19.1. The normalized spacial score (nSPS) is 12.0. The van der Waals surface area contributed by atoms with Gasteiger partial charge in [0.15, 0.2) is 0 Å². The molecule has 0 atom stereocenters. The molecule has 3 heterocycles. The van der Waals surface area contributed by atoms with Crippen LogP contribution in [0.1, 0.15) is 0 Å². The summed E-state index contributed by atoms with van der Waals surface area (Å²) in [6, 6.07) is 147. The summed E-state index contributed by atoms with van der Waals surface area (Å²) >= 11 is 0. The lowest BCUT2D eigenvalue weighted by Gasteiger charge is -2.20. The lowest BCUT2D eigenvalue weighted by molar-refractivity contribution is 0.668. The van der Waals surface area contributed by atoms with Crippen molar-refractivity contribution >= 4 is 141 Å². The van der Waals surface area contributed by atoms with Gasteiger partial charge in [-0.3, -0.25) is 0 Å². The number of benzene rings is 21. The van der Waals surface area contributed by atoms with Crippen LogP contribution in [0, 0.1) is 0 Å². The molecule has 3 aromatic heterocycles. The van der Waals surface area contributed by atoms with E-state index < -0.39 is 0 Å². The Balaban J connectivity index is 0.590. The first-order valence-corrected chi connectivity index (χ1v) is 39.6. The molecule has 21 aromatic carbocycles. The summed E-state index contributed by atoms with van der Waals surface area (Å²) in [7, 11) is 0. The van der Waals surface area contributed by atoms with Gasteiger partial charge in [0.1, 0.15) is 33.5 Å². The van der Waals surface area contributed by atoms with Crippen molar-refractivity contribution in [2.24, 2.45) is 0 Å². The van der Waals surface area contributed by atoms with Gasteiger partial charge in [0.05, 0.1) is 0 Å². The first-order chi connectivity index (χ1) is 57.0. The minimum atomic E-state index is 0.866. The predicted molar refractivity (Wildman–Crippen MR) is 485 cm³/mol. The Morgan fingerprint density at radius 2 is 0.322 bits per heavy atom. The molecule has 0 fully saturated rings. The minimum Gasteiger partial charge on any atom is -0.456 e. The van der Waals surface area contributed by atoms with Gasteiger partial charge in [0, 0.05) is 32.3 Å². The molecule has 3 heteroatoms. The standard InChI is InChI=1S/C112H66O3/c1-3-20-67(21-4-1)71-24-19-25-79(60-71)109-91-30-9-11-32-93(91)110(94-33-12-10-31-92(94)109)80-49-55-88-87-52-46-78(63-103(87)115-106(88)64-80)75-45-44-73-58-72(42-43-74(73)59-75)68-38-40-70(41-39-68)108-90-29-8-14-35-96(90)112(82-51-54-86-84-27-16-18-37-102(84)114-105(86)66-82)100-62-77(48-57-98(100)108)76-47-56-97-99(61-76)111(81-50-53-85-83-26-15-17-36-101(83)113-104(85)65-81)95-34-13-7-28-89(95)107(97)69-22-5-2-6-23-69/h1-66H. The van der Waals surface area contributed by atoms with Crippen molar-refractivity contribution in [1.82, 2.24) is 0 Å². The third-order valence-corrected chi connectivity index (χ3v) is 24.4.